The molecule has 0 spiro atoms. The highest BCUT2D eigenvalue weighted by atomic mass is 16.5. The van der Waals surface area contributed by atoms with Crippen LogP contribution in [0.5, 0.6) is 0 Å². The van der Waals surface area contributed by atoms with Gasteiger partial charge in [0.2, 0.25) is 17.6 Å². The Hall–Kier alpha value is -2.99. The zero-order chi connectivity index (χ0) is 19.6. The number of carbonyl (C=O) groups excluding carboxylic acids is 1. The molecule has 146 valence electrons. The molecule has 6 heteroatoms. The number of nitrogens with one attached hydrogen (secondary N) is 1. The molecule has 2 aromatic carbocycles. The molecule has 1 N–H and O–H groups in total. The Bertz CT molecular complexity index is 860. The van der Waals surface area contributed by atoms with Gasteiger partial charge in [-0.3, -0.25) is 4.79 Å². The fourth-order valence-electron chi connectivity index (χ4n) is 2.65. The van der Waals surface area contributed by atoms with Crippen molar-refractivity contribution in [1.29, 1.82) is 0 Å². The van der Waals surface area contributed by atoms with Crippen molar-refractivity contribution in [2.24, 2.45) is 0 Å². The molecule has 0 saturated heterocycles. The second-order valence-electron chi connectivity index (χ2n) is 6.62. The average molecular weight is 379 g/mol. The normalized spacial score (nSPS) is 10.8. The summed E-state index contributed by atoms with van der Waals surface area (Å²) < 4.78 is 10.8. The quantitative estimate of drug-likeness (QED) is 0.544. The molecule has 3 rings (SSSR count). The van der Waals surface area contributed by atoms with Crippen LogP contribution in [0.2, 0.25) is 0 Å². The van der Waals surface area contributed by atoms with E-state index >= 15 is 0 Å². The number of hydrogen-bond acceptors (Lipinski definition) is 5. The van der Waals surface area contributed by atoms with E-state index in [0.717, 1.165) is 17.5 Å². The largest absolute Gasteiger partial charge is 0.377 e. The van der Waals surface area contributed by atoms with Crippen molar-refractivity contribution in [2.75, 3.05) is 13.2 Å². The lowest BCUT2D eigenvalue weighted by atomic mass is 10.1. The van der Waals surface area contributed by atoms with E-state index in [4.69, 9.17) is 9.26 Å². The number of hydrogen-bond donors (Lipinski definition) is 1. The molecule has 0 aliphatic heterocycles. The van der Waals surface area contributed by atoms with Gasteiger partial charge < -0.3 is 14.6 Å². The van der Waals surface area contributed by atoms with Gasteiger partial charge >= 0.3 is 0 Å². The third-order valence-corrected chi connectivity index (χ3v) is 4.24. The van der Waals surface area contributed by atoms with Gasteiger partial charge in [0.05, 0.1) is 6.61 Å². The molecular weight excluding hydrogens is 354 g/mol. The van der Waals surface area contributed by atoms with Crippen LogP contribution < -0.4 is 5.32 Å². The minimum absolute atomic E-state index is 0.0295. The van der Waals surface area contributed by atoms with Gasteiger partial charge in [-0.15, -0.1) is 0 Å². The second-order valence-corrected chi connectivity index (χ2v) is 6.62. The predicted molar refractivity (Wildman–Crippen MR) is 107 cm³/mol. The number of amides is 1. The van der Waals surface area contributed by atoms with E-state index in [0.29, 0.717) is 44.3 Å². The van der Waals surface area contributed by atoms with Crippen LogP contribution in [0.1, 0.15) is 29.9 Å². The van der Waals surface area contributed by atoms with Crippen LogP contribution in [-0.2, 0) is 22.6 Å². The molecule has 0 aliphatic rings. The molecule has 0 radical (unpaired) electrons. The first-order chi connectivity index (χ1) is 13.7. The Balaban J connectivity index is 1.30. The minimum Gasteiger partial charge on any atom is -0.377 e. The number of ether oxygens (including phenoxy) is 1. The first-order valence-corrected chi connectivity index (χ1v) is 9.49. The van der Waals surface area contributed by atoms with E-state index in [2.05, 4.69) is 15.5 Å². The van der Waals surface area contributed by atoms with E-state index in [9.17, 15) is 4.79 Å². The van der Waals surface area contributed by atoms with E-state index in [-0.39, 0.29) is 5.91 Å². The van der Waals surface area contributed by atoms with Crippen LogP contribution in [0.4, 0.5) is 0 Å². The Morgan fingerprint density at radius 3 is 2.68 bits per heavy atom. The van der Waals surface area contributed by atoms with E-state index in [1.165, 1.54) is 5.56 Å². The summed E-state index contributed by atoms with van der Waals surface area (Å²) in [7, 11) is 0. The predicted octanol–water partition coefficient (Wildman–Crippen LogP) is 3.70. The van der Waals surface area contributed by atoms with E-state index in [1.807, 2.05) is 61.5 Å². The third-order valence-electron chi connectivity index (χ3n) is 4.24. The van der Waals surface area contributed by atoms with Crippen LogP contribution in [0, 0.1) is 6.92 Å². The van der Waals surface area contributed by atoms with Crippen molar-refractivity contribution in [3.63, 3.8) is 0 Å². The first kappa shape index (κ1) is 19.8. The fraction of sp³-hybridized carbons (Fsp3) is 0.318. The van der Waals surface area contributed by atoms with Gasteiger partial charge in [0, 0.05) is 31.6 Å². The van der Waals surface area contributed by atoms with Gasteiger partial charge in [-0.25, -0.2) is 0 Å². The van der Waals surface area contributed by atoms with Crippen LogP contribution in [0.25, 0.3) is 11.4 Å². The average Bonchev–Trinajstić information content (AvgIpc) is 3.19. The lowest BCUT2D eigenvalue weighted by Gasteiger charge is -2.06. The van der Waals surface area contributed by atoms with Crippen molar-refractivity contribution in [3.8, 4) is 11.4 Å². The van der Waals surface area contributed by atoms with Crippen LogP contribution in [0.15, 0.2) is 59.1 Å². The molecule has 28 heavy (non-hydrogen) atoms. The smallest absolute Gasteiger partial charge is 0.227 e. The minimum atomic E-state index is -0.0295. The summed E-state index contributed by atoms with van der Waals surface area (Å²) in [6.07, 6.45) is 1.52. The zero-order valence-electron chi connectivity index (χ0n) is 16.1. The first-order valence-electron chi connectivity index (χ1n) is 9.49. The van der Waals surface area contributed by atoms with E-state index in [1.54, 1.807) is 0 Å². The summed E-state index contributed by atoms with van der Waals surface area (Å²) in [5.74, 6) is 0.987. The molecule has 0 aliphatic carbocycles. The summed E-state index contributed by atoms with van der Waals surface area (Å²) in [6.45, 7) is 3.82. The van der Waals surface area contributed by atoms with Crippen molar-refractivity contribution in [1.82, 2.24) is 15.5 Å². The highest BCUT2D eigenvalue weighted by molar-refractivity contribution is 5.75. The number of aryl methyl sites for hydroxylation is 2. The fourth-order valence-corrected chi connectivity index (χ4v) is 2.65. The summed E-state index contributed by atoms with van der Waals surface area (Å²) in [5.41, 5.74) is 3.23. The van der Waals surface area contributed by atoms with E-state index < -0.39 is 0 Å². The lowest BCUT2D eigenvalue weighted by Crippen LogP contribution is -2.25. The number of benzene rings is 2. The van der Waals surface area contributed by atoms with Crippen molar-refractivity contribution >= 4 is 5.91 Å². The molecule has 0 unspecified atom stereocenters. The Kier molecular flexibility index (Phi) is 7.32. The molecule has 1 heterocycles. The van der Waals surface area contributed by atoms with Gasteiger partial charge in [0.1, 0.15) is 0 Å². The molecule has 0 fully saturated rings. The Morgan fingerprint density at radius 1 is 1.11 bits per heavy atom. The van der Waals surface area contributed by atoms with Gasteiger partial charge in [0.15, 0.2) is 0 Å². The molecule has 0 bridgehead atoms. The number of nitrogens with zero attached hydrogens (tertiary/aromatic N) is 2. The summed E-state index contributed by atoms with van der Waals surface area (Å²) >= 11 is 0. The van der Waals surface area contributed by atoms with Crippen molar-refractivity contribution < 1.29 is 14.1 Å². The number of rotatable bonds is 10. The van der Waals surface area contributed by atoms with Gasteiger partial charge in [-0.1, -0.05) is 65.3 Å². The molecule has 1 aromatic heterocycles. The second kappa shape index (κ2) is 10.4. The third kappa shape index (κ3) is 6.32. The van der Waals surface area contributed by atoms with Crippen LogP contribution >= 0.6 is 0 Å². The number of carbonyl (C=O) groups is 1. The summed E-state index contributed by atoms with van der Waals surface area (Å²) in [4.78, 5) is 16.3. The number of aromatic nitrogens is 2. The van der Waals surface area contributed by atoms with Crippen molar-refractivity contribution in [2.45, 2.75) is 32.8 Å². The highest BCUT2D eigenvalue weighted by Crippen LogP contribution is 2.16. The highest BCUT2D eigenvalue weighted by Gasteiger charge is 2.10. The SMILES string of the molecule is Cc1ccc(-c2noc(CCC(=O)NCCCOCc3ccccc3)n2)cc1. The summed E-state index contributed by atoms with van der Waals surface area (Å²) in [5, 5.41) is 6.87. The summed E-state index contributed by atoms with van der Waals surface area (Å²) in [6, 6.07) is 17.9. The Labute approximate surface area is 164 Å². The Morgan fingerprint density at radius 2 is 1.89 bits per heavy atom. The molecule has 3 aromatic rings. The van der Waals surface area contributed by atoms with Gasteiger partial charge in [0.25, 0.3) is 0 Å². The molecule has 1 amide bonds. The zero-order valence-corrected chi connectivity index (χ0v) is 16.1. The topological polar surface area (TPSA) is 77.2 Å². The molecule has 0 saturated carbocycles. The molecule has 6 nitrogen and oxygen atoms in total. The molecule has 0 atom stereocenters. The maximum absolute atomic E-state index is 11.9. The monoisotopic (exact) mass is 379 g/mol. The van der Waals surface area contributed by atoms with Crippen molar-refractivity contribution in [3.05, 3.63) is 71.6 Å². The van der Waals surface area contributed by atoms with Gasteiger partial charge in [-0.05, 0) is 18.9 Å². The van der Waals surface area contributed by atoms with Gasteiger partial charge in [-0.2, -0.15) is 4.98 Å². The lowest BCUT2D eigenvalue weighted by molar-refractivity contribution is -0.121. The van der Waals surface area contributed by atoms with Crippen LogP contribution in [0.3, 0.4) is 0 Å². The molecular formula is C22H25N3O3. The maximum atomic E-state index is 11.9. The van der Waals surface area contributed by atoms with Crippen LogP contribution in [-0.4, -0.2) is 29.2 Å². The maximum Gasteiger partial charge on any atom is 0.227 e. The standard InChI is InChI=1S/C22H25N3O3/c1-17-8-10-19(11-9-17)22-24-21(28-25-22)13-12-20(26)23-14-5-15-27-16-18-6-3-2-4-7-18/h2-4,6-11H,5,12-16H2,1H3,(H,23,26).